The van der Waals surface area contributed by atoms with E-state index in [2.05, 4.69) is 31.2 Å². The number of hydrogen-bond donors (Lipinski definition) is 2. The first-order valence-electron chi connectivity index (χ1n) is 14.1. The second-order valence-corrected chi connectivity index (χ2v) is 12.2. The Balaban J connectivity index is 1.48. The summed E-state index contributed by atoms with van der Waals surface area (Å²) in [5.41, 5.74) is 0.0349. The Morgan fingerprint density at radius 2 is 1.51 bits per heavy atom. The first kappa shape index (κ1) is 26.2. The van der Waals surface area contributed by atoms with Gasteiger partial charge >= 0.3 is 5.97 Å². The van der Waals surface area contributed by atoms with Crippen LogP contribution in [0.15, 0.2) is 106 Å². The van der Waals surface area contributed by atoms with E-state index in [1.807, 2.05) is 30.4 Å². The Kier molecular flexibility index (Phi) is 5.51. The van der Waals surface area contributed by atoms with Crippen molar-refractivity contribution >= 4 is 28.5 Å². The van der Waals surface area contributed by atoms with Crippen LogP contribution in [0, 0.1) is 23.7 Å². The zero-order valence-corrected chi connectivity index (χ0v) is 23.6. The highest BCUT2D eigenvalue weighted by atomic mass is 35.5. The molecule has 2 aromatic rings. The zero-order valence-electron chi connectivity index (χ0n) is 22.9. The smallest absolute Gasteiger partial charge is 0.336 e. The first-order valence-corrected chi connectivity index (χ1v) is 14.4. The maximum Gasteiger partial charge on any atom is 0.336 e. The zero-order chi connectivity index (χ0) is 29.7. The molecule has 3 fully saturated rings. The fourth-order valence-corrected chi connectivity index (χ4v) is 7.94. The Bertz CT molecular complexity index is 1980. The number of fused-ring (bicyclic) bond motifs is 3. The molecular weight excluding hydrogens is 568 g/mol. The van der Waals surface area contributed by atoms with Crippen LogP contribution < -0.4 is 5.43 Å². The average molecular weight is 593 g/mol. The monoisotopic (exact) mass is 592 g/mol. The summed E-state index contributed by atoms with van der Waals surface area (Å²) in [6.45, 7) is 2.07. The first-order chi connectivity index (χ1) is 20.7. The summed E-state index contributed by atoms with van der Waals surface area (Å²) < 4.78 is 6.18. The molecule has 43 heavy (non-hydrogen) atoms. The highest BCUT2D eigenvalue weighted by Gasteiger charge is 2.70. The van der Waals surface area contributed by atoms with E-state index in [1.54, 1.807) is 18.2 Å². The van der Waals surface area contributed by atoms with Crippen LogP contribution in [0.25, 0.3) is 33.4 Å². The standard InChI is InChI=1S/C35H25ClO7/c1-34-22-10-4-6-12-24(22)35(43-42-34,25-13-7-5-11-23(25)34)26-14-20-30(16-28(26)37)41-31-17-29(38)27(36)15-21(31)32(20)18-8-2-3-9-19(18)33(39)40/h2-17,22-25,37H,1H3,(H,39,40). The van der Waals surface area contributed by atoms with E-state index in [4.69, 9.17) is 25.8 Å². The number of hydrogen-bond acceptors (Lipinski definition) is 6. The van der Waals surface area contributed by atoms with Crippen molar-refractivity contribution in [3.63, 3.8) is 0 Å². The molecule has 1 saturated carbocycles. The van der Waals surface area contributed by atoms with Crippen LogP contribution in [-0.4, -0.2) is 21.8 Å². The Hall–Kier alpha value is -4.43. The van der Waals surface area contributed by atoms with Crippen molar-refractivity contribution in [3.05, 3.63) is 124 Å². The number of carboxylic acids is 1. The minimum absolute atomic E-state index is 0.0202. The minimum atomic E-state index is -1.12. The van der Waals surface area contributed by atoms with Gasteiger partial charge in [0.05, 0.1) is 10.6 Å². The van der Waals surface area contributed by atoms with Gasteiger partial charge in [-0.1, -0.05) is 78.4 Å². The summed E-state index contributed by atoms with van der Waals surface area (Å²) >= 11 is 6.32. The second-order valence-electron chi connectivity index (χ2n) is 11.8. The van der Waals surface area contributed by atoms with Gasteiger partial charge in [-0.05, 0) is 30.7 Å². The second kappa shape index (κ2) is 9.04. The van der Waals surface area contributed by atoms with Gasteiger partial charge in [0.2, 0.25) is 5.43 Å². The summed E-state index contributed by atoms with van der Waals surface area (Å²) in [4.78, 5) is 37.6. The van der Waals surface area contributed by atoms with E-state index in [0.29, 0.717) is 27.6 Å². The van der Waals surface area contributed by atoms with Crippen molar-refractivity contribution in [2.24, 2.45) is 23.7 Å². The highest BCUT2D eigenvalue weighted by molar-refractivity contribution is 6.31. The molecule has 3 heterocycles. The van der Waals surface area contributed by atoms with Crippen LogP contribution in [0.2, 0.25) is 5.02 Å². The molecule has 9 rings (SSSR count). The van der Waals surface area contributed by atoms with Gasteiger partial charge in [-0.25, -0.2) is 14.6 Å². The molecule has 4 unspecified atom stereocenters. The molecule has 3 aliphatic heterocycles. The highest BCUT2D eigenvalue weighted by Crippen LogP contribution is 2.66. The third kappa shape index (κ3) is 3.44. The van der Waals surface area contributed by atoms with Gasteiger partial charge in [0, 0.05) is 57.9 Å². The molecule has 2 N–H and O–H groups in total. The number of phenols is 1. The molecule has 0 aromatic heterocycles. The van der Waals surface area contributed by atoms with E-state index >= 15 is 0 Å². The number of halogens is 1. The lowest BCUT2D eigenvalue weighted by molar-refractivity contribution is -0.511. The average Bonchev–Trinajstić information content (AvgIpc) is 3.01. The van der Waals surface area contributed by atoms with Gasteiger partial charge in [-0.2, -0.15) is 0 Å². The predicted molar refractivity (Wildman–Crippen MR) is 161 cm³/mol. The number of aromatic hydroxyl groups is 1. The Morgan fingerprint density at radius 3 is 2.19 bits per heavy atom. The Labute approximate surface area is 250 Å². The van der Waals surface area contributed by atoms with Crippen LogP contribution in [0.3, 0.4) is 0 Å². The largest absolute Gasteiger partial charge is 0.507 e. The SMILES string of the molecule is CC12OOC(c3cc4c(-c5ccccc5C(=O)O)c5cc(Cl)c(=O)cc-5oc4cc3O)(C3C=CC=CC31)C1C=CC=CC12. The Morgan fingerprint density at radius 1 is 0.860 bits per heavy atom. The number of benzene rings is 3. The normalized spacial score (nSPS) is 30.1. The summed E-state index contributed by atoms with van der Waals surface area (Å²) in [5, 5.41) is 22.4. The molecule has 7 aliphatic rings. The summed E-state index contributed by atoms with van der Waals surface area (Å²) in [6.07, 6.45) is 16.5. The van der Waals surface area contributed by atoms with E-state index in [9.17, 15) is 19.8 Å². The molecule has 2 bridgehead atoms. The van der Waals surface area contributed by atoms with Crippen molar-refractivity contribution in [1.29, 1.82) is 0 Å². The molecule has 2 saturated heterocycles. The third-order valence-electron chi connectivity index (χ3n) is 9.68. The van der Waals surface area contributed by atoms with Crippen molar-refractivity contribution in [3.8, 4) is 28.2 Å². The number of phenolic OH excluding ortho intramolecular Hbond substituents is 1. The van der Waals surface area contributed by atoms with Crippen LogP contribution in [-0.2, 0) is 15.4 Å². The van der Waals surface area contributed by atoms with E-state index < -0.39 is 22.6 Å². The third-order valence-corrected chi connectivity index (χ3v) is 9.98. The van der Waals surface area contributed by atoms with Gasteiger partial charge in [0.15, 0.2) is 0 Å². The fourth-order valence-electron chi connectivity index (χ4n) is 7.78. The molecule has 8 heteroatoms. The van der Waals surface area contributed by atoms with Crippen molar-refractivity contribution in [2.45, 2.75) is 18.1 Å². The molecule has 0 spiro atoms. The van der Waals surface area contributed by atoms with E-state index in [-0.39, 0.29) is 51.4 Å². The number of carboxylic acid groups (broad SMARTS) is 1. The summed E-state index contributed by atoms with van der Waals surface area (Å²) in [5.74, 6) is -1.40. The molecular formula is C35H25ClO7. The molecule has 4 atom stereocenters. The number of allylic oxidation sites excluding steroid dienone is 4. The predicted octanol–water partition coefficient (Wildman–Crippen LogP) is 7.27. The molecule has 0 amide bonds. The van der Waals surface area contributed by atoms with Gasteiger partial charge < -0.3 is 14.6 Å². The minimum Gasteiger partial charge on any atom is -0.507 e. The number of carbonyl (C=O) groups is 1. The number of aromatic carboxylic acids is 1. The van der Waals surface area contributed by atoms with Gasteiger partial charge in [-0.3, -0.25) is 4.79 Å². The van der Waals surface area contributed by atoms with Crippen LogP contribution in [0.4, 0.5) is 0 Å². The lowest BCUT2D eigenvalue weighted by atomic mass is 9.49. The van der Waals surface area contributed by atoms with Gasteiger partial charge in [0.25, 0.3) is 0 Å². The summed E-state index contributed by atoms with van der Waals surface area (Å²) in [7, 11) is 0. The quantitative estimate of drug-likeness (QED) is 0.190. The van der Waals surface area contributed by atoms with Crippen LogP contribution in [0.1, 0.15) is 22.8 Å². The fraction of sp³-hybridized carbons (Fsp3) is 0.200. The van der Waals surface area contributed by atoms with Crippen molar-refractivity contribution in [2.75, 3.05) is 0 Å². The van der Waals surface area contributed by atoms with Gasteiger partial charge in [0.1, 0.15) is 28.3 Å². The maximum absolute atomic E-state index is 12.5. The summed E-state index contributed by atoms with van der Waals surface area (Å²) in [6, 6.07) is 12.7. The lowest BCUT2D eigenvalue weighted by Gasteiger charge is -2.64. The van der Waals surface area contributed by atoms with E-state index in [0.717, 1.165) is 0 Å². The maximum atomic E-state index is 12.5. The van der Waals surface area contributed by atoms with Crippen molar-refractivity contribution < 1.29 is 29.2 Å². The van der Waals surface area contributed by atoms with E-state index in [1.165, 1.54) is 24.3 Å². The van der Waals surface area contributed by atoms with Gasteiger partial charge in [-0.15, -0.1) is 0 Å². The van der Waals surface area contributed by atoms with Crippen molar-refractivity contribution in [1.82, 2.24) is 0 Å². The molecule has 4 aliphatic carbocycles. The molecule has 7 nitrogen and oxygen atoms in total. The number of rotatable bonds is 3. The lowest BCUT2D eigenvalue weighted by Crippen LogP contribution is -2.69. The topological polar surface area (TPSA) is 106 Å². The molecule has 214 valence electrons. The van der Waals surface area contributed by atoms with Crippen LogP contribution in [0.5, 0.6) is 5.75 Å². The van der Waals surface area contributed by atoms with Crippen LogP contribution >= 0.6 is 11.6 Å². The molecule has 0 radical (unpaired) electrons. The molecule has 2 aromatic carbocycles.